The van der Waals surface area contributed by atoms with Gasteiger partial charge in [0, 0.05) is 23.8 Å². The molecule has 2 amide bonds. The molecule has 0 radical (unpaired) electrons. The molecule has 0 saturated heterocycles. The van der Waals surface area contributed by atoms with Gasteiger partial charge in [-0.25, -0.2) is 9.97 Å². The van der Waals surface area contributed by atoms with Crippen molar-refractivity contribution in [3.05, 3.63) is 42.4 Å². The minimum Gasteiger partial charge on any atom is -0.493 e. The minimum atomic E-state index is -1.15. The number of hydrogen-bond acceptors (Lipinski definition) is 6. The van der Waals surface area contributed by atoms with Crippen LogP contribution in [0, 0.1) is 5.92 Å². The van der Waals surface area contributed by atoms with Crippen LogP contribution >= 0.6 is 0 Å². The molecule has 3 aromatic rings. The minimum absolute atomic E-state index is 0.0254. The van der Waals surface area contributed by atoms with Crippen LogP contribution < -0.4 is 15.4 Å². The first-order valence-electron chi connectivity index (χ1n) is 12.9. The van der Waals surface area contributed by atoms with Gasteiger partial charge < -0.3 is 25.5 Å². The number of amides is 2. The Hall–Kier alpha value is -3.46. The van der Waals surface area contributed by atoms with E-state index in [-0.39, 0.29) is 23.9 Å². The van der Waals surface area contributed by atoms with Crippen LogP contribution in [0.2, 0.25) is 0 Å². The second-order valence-electron chi connectivity index (χ2n) is 10.4. The molecule has 4 N–H and O–H groups in total. The summed E-state index contributed by atoms with van der Waals surface area (Å²) in [6.45, 7) is 0.705. The quantitative estimate of drug-likeness (QED) is 0.385. The maximum Gasteiger partial charge on any atom is 0.255 e. The van der Waals surface area contributed by atoms with E-state index in [4.69, 9.17) is 4.74 Å². The molecule has 0 unspecified atom stereocenters. The Morgan fingerprint density at radius 3 is 2.47 bits per heavy atom. The zero-order valence-corrected chi connectivity index (χ0v) is 20.1. The average Bonchev–Trinajstić information content (AvgIpc) is 3.82. The number of nitrogens with one attached hydrogen (secondary N) is 3. The van der Waals surface area contributed by atoms with Gasteiger partial charge in [0.15, 0.2) is 0 Å². The number of carbonyl (C=O) groups excluding carboxylic acids is 2. The number of fused-ring (bicyclic) bond motifs is 1. The summed E-state index contributed by atoms with van der Waals surface area (Å²) < 4.78 is 6.08. The highest BCUT2D eigenvalue weighted by atomic mass is 16.5. The molecule has 1 aromatic carbocycles. The van der Waals surface area contributed by atoms with Crippen molar-refractivity contribution in [3.63, 3.8) is 0 Å². The van der Waals surface area contributed by atoms with Crippen molar-refractivity contribution in [3.8, 4) is 17.0 Å². The van der Waals surface area contributed by atoms with Gasteiger partial charge in [-0.05, 0) is 69.4 Å². The molecular weight excluding hydrogens is 458 g/mol. The predicted molar refractivity (Wildman–Crippen MR) is 133 cm³/mol. The fourth-order valence-electron chi connectivity index (χ4n) is 4.91. The maximum atomic E-state index is 13.2. The van der Waals surface area contributed by atoms with Crippen LogP contribution in [0.4, 0.5) is 0 Å². The van der Waals surface area contributed by atoms with Crippen LogP contribution in [-0.2, 0) is 4.79 Å². The van der Waals surface area contributed by atoms with Crippen molar-refractivity contribution in [1.29, 1.82) is 0 Å². The molecule has 2 aromatic heterocycles. The highest BCUT2D eigenvalue weighted by Crippen LogP contribution is 2.36. The van der Waals surface area contributed by atoms with Crippen LogP contribution in [0.1, 0.15) is 61.7 Å². The first kappa shape index (κ1) is 23.0. The molecule has 6 rings (SSSR count). The summed E-state index contributed by atoms with van der Waals surface area (Å²) in [6, 6.07) is 7.90. The molecule has 0 spiro atoms. The number of aromatic amines is 1. The van der Waals surface area contributed by atoms with Crippen LogP contribution in [0.15, 0.2) is 36.8 Å². The number of rotatable bonds is 8. The van der Waals surface area contributed by atoms with Crippen molar-refractivity contribution >= 4 is 22.8 Å². The molecule has 2 heterocycles. The Morgan fingerprint density at radius 2 is 1.75 bits per heavy atom. The third kappa shape index (κ3) is 4.67. The lowest BCUT2D eigenvalue weighted by molar-refractivity contribution is -0.132. The number of nitrogens with zero attached hydrogens (tertiary/aromatic N) is 2. The van der Waals surface area contributed by atoms with Crippen LogP contribution in [-0.4, -0.2) is 56.2 Å². The summed E-state index contributed by atoms with van der Waals surface area (Å²) in [5.41, 5.74) is 2.19. The number of carbonyl (C=O) groups is 2. The predicted octanol–water partition coefficient (Wildman–Crippen LogP) is 3.10. The SMILES string of the molecule is O=C(N[C@H]1CC[C@H](NC(=O)C2(O)CC2)CC1)c1c[nH]c2c(-c3ccccc3OCC3CC3)ncnc12. The fraction of sp³-hybridized carbons (Fsp3) is 0.481. The molecule has 0 bridgehead atoms. The summed E-state index contributed by atoms with van der Waals surface area (Å²) in [5, 5.41) is 16.1. The van der Waals surface area contributed by atoms with E-state index in [1.54, 1.807) is 6.20 Å². The zero-order chi connectivity index (χ0) is 24.7. The Bertz CT molecular complexity index is 1290. The van der Waals surface area contributed by atoms with Crippen molar-refractivity contribution in [2.75, 3.05) is 6.61 Å². The van der Waals surface area contributed by atoms with Gasteiger partial charge in [-0.3, -0.25) is 9.59 Å². The molecule has 3 aliphatic rings. The maximum absolute atomic E-state index is 13.2. The summed E-state index contributed by atoms with van der Waals surface area (Å²) in [4.78, 5) is 37.4. The molecule has 188 valence electrons. The molecule has 0 atom stereocenters. The Morgan fingerprint density at radius 1 is 1.03 bits per heavy atom. The van der Waals surface area contributed by atoms with Crippen LogP contribution in [0.5, 0.6) is 5.75 Å². The number of hydrogen-bond donors (Lipinski definition) is 4. The van der Waals surface area contributed by atoms with Gasteiger partial charge in [0.1, 0.15) is 28.9 Å². The van der Waals surface area contributed by atoms with E-state index >= 15 is 0 Å². The molecule has 3 fully saturated rings. The monoisotopic (exact) mass is 489 g/mol. The lowest BCUT2D eigenvalue weighted by Gasteiger charge is -2.30. The van der Waals surface area contributed by atoms with Gasteiger partial charge in [0.05, 0.1) is 17.7 Å². The van der Waals surface area contributed by atoms with Crippen molar-refractivity contribution < 1.29 is 19.4 Å². The van der Waals surface area contributed by atoms with Crippen molar-refractivity contribution in [1.82, 2.24) is 25.6 Å². The molecule has 9 nitrogen and oxygen atoms in total. The van der Waals surface area contributed by atoms with Gasteiger partial charge >= 0.3 is 0 Å². The van der Waals surface area contributed by atoms with Gasteiger partial charge in [-0.1, -0.05) is 12.1 Å². The van der Waals surface area contributed by atoms with E-state index in [1.165, 1.54) is 19.2 Å². The van der Waals surface area contributed by atoms with E-state index in [0.717, 1.165) is 37.0 Å². The molecule has 3 aliphatic carbocycles. The number of benzene rings is 1. The van der Waals surface area contributed by atoms with Crippen LogP contribution in [0.3, 0.4) is 0 Å². The number of para-hydroxylation sites is 1. The first-order valence-corrected chi connectivity index (χ1v) is 12.9. The first-order chi connectivity index (χ1) is 17.5. The lowest BCUT2D eigenvalue weighted by atomic mass is 9.90. The molecule has 36 heavy (non-hydrogen) atoms. The standard InChI is InChI=1S/C27H31N5O4/c33-25(31-17-7-9-18(10-8-17)32-26(34)27(35)11-12-27)20-13-28-24-22(29-15-30-23(20)24)19-3-1-2-4-21(19)36-14-16-5-6-16/h1-4,13,15-18,28,35H,5-12,14H2,(H,31,33)(H,32,34)/t17-,18-. The number of ether oxygens (including phenoxy) is 1. The number of aromatic nitrogens is 3. The second-order valence-corrected chi connectivity index (χ2v) is 10.4. The summed E-state index contributed by atoms with van der Waals surface area (Å²) in [6.07, 6.45) is 9.76. The lowest BCUT2D eigenvalue weighted by Crippen LogP contribution is -2.47. The third-order valence-electron chi connectivity index (χ3n) is 7.57. The fourth-order valence-corrected chi connectivity index (χ4v) is 4.91. The van der Waals surface area contributed by atoms with Crippen LogP contribution in [0.25, 0.3) is 22.3 Å². The van der Waals surface area contributed by atoms with Crippen molar-refractivity contribution in [2.24, 2.45) is 5.92 Å². The number of aliphatic hydroxyl groups is 1. The normalized spacial score (nSPS) is 22.7. The zero-order valence-electron chi connectivity index (χ0n) is 20.1. The Balaban J connectivity index is 1.13. The van der Waals surface area contributed by atoms with E-state index in [1.807, 2.05) is 24.3 Å². The highest BCUT2D eigenvalue weighted by Gasteiger charge is 2.48. The molecular formula is C27H31N5O4. The Labute approximate surface area is 209 Å². The van der Waals surface area contributed by atoms with E-state index in [2.05, 4.69) is 25.6 Å². The summed E-state index contributed by atoms with van der Waals surface area (Å²) in [5.74, 6) is 0.982. The number of H-pyrrole nitrogens is 1. The molecule has 9 heteroatoms. The smallest absolute Gasteiger partial charge is 0.255 e. The second kappa shape index (κ2) is 9.20. The molecule has 3 saturated carbocycles. The third-order valence-corrected chi connectivity index (χ3v) is 7.57. The summed E-state index contributed by atoms with van der Waals surface area (Å²) >= 11 is 0. The van der Waals surface area contributed by atoms with Gasteiger partial charge in [0.25, 0.3) is 11.8 Å². The highest BCUT2D eigenvalue weighted by molar-refractivity contribution is 6.07. The Kier molecular flexibility index (Phi) is 5.87. The van der Waals surface area contributed by atoms with Gasteiger partial charge in [-0.2, -0.15) is 0 Å². The average molecular weight is 490 g/mol. The van der Waals surface area contributed by atoms with E-state index in [0.29, 0.717) is 47.7 Å². The van der Waals surface area contributed by atoms with E-state index in [9.17, 15) is 14.7 Å². The van der Waals surface area contributed by atoms with Gasteiger partial charge in [-0.15, -0.1) is 0 Å². The molecule has 0 aliphatic heterocycles. The summed E-state index contributed by atoms with van der Waals surface area (Å²) in [7, 11) is 0. The van der Waals surface area contributed by atoms with Gasteiger partial charge in [0.2, 0.25) is 0 Å². The largest absolute Gasteiger partial charge is 0.493 e. The topological polar surface area (TPSA) is 129 Å². The van der Waals surface area contributed by atoms with E-state index < -0.39 is 5.60 Å². The van der Waals surface area contributed by atoms with Crippen molar-refractivity contribution in [2.45, 2.75) is 69.1 Å².